The van der Waals surface area contributed by atoms with Gasteiger partial charge in [-0.1, -0.05) is 47.6 Å². The summed E-state index contributed by atoms with van der Waals surface area (Å²) in [5.74, 6) is 0.950. The fourth-order valence-corrected chi connectivity index (χ4v) is 2.35. The highest BCUT2D eigenvalue weighted by Crippen LogP contribution is 2.15. The maximum absolute atomic E-state index is 11.7. The van der Waals surface area contributed by atoms with Gasteiger partial charge in [-0.2, -0.15) is 4.98 Å². The minimum atomic E-state index is -0.242. The van der Waals surface area contributed by atoms with Crippen LogP contribution >= 0.6 is 0 Å². The van der Waals surface area contributed by atoms with Crippen LogP contribution in [0.5, 0.6) is 0 Å². The molecule has 2 amide bonds. The number of urea groups is 1. The van der Waals surface area contributed by atoms with Crippen LogP contribution < -0.4 is 10.6 Å². The number of carbonyl (C=O) groups is 1. The lowest BCUT2D eigenvalue weighted by Gasteiger charge is -2.07. The molecule has 2 aromatic carbocycles. The van der Waals surface area contributed by atoms with Gasteiger partial charge in [0.05, 0.1) is 6.54 Å². The molecule has 118 valence electrons. The minimum absolute atomic E-state index is 0.242. The van der Waals surface area contributed by atoms with E-state index in [1.165, 1.54) is 16.3 Å². The van der Waals surface area contributed by atoms with E-state index in [1.54, 1.807) is 6.92 Å². The molecular formula is C17H18N4O2. The molecule has 0 saturated heterocycles. The number of nitrogens with zero attached hydrogens (tertiary/aromatic N) is 2. The van der Waals surface area contributed by atoms with E-state index >= 15 is 0 Å². The van der Waals surface area contributed by atoms with Crippen LogP contribution in [0.25, 0.3) is 10.8 Å². The van der Waals surface area contributed by atoms with Crippen LogP contribution in [0.4, 0.5) is 4.79 Å². The molecule has 0 aliphatic carbocycles. The molecule has 0 saturated carbocycles. The van der Waals surface area contributed by atoms with E-state index in [-0.39, 0.29) is 12.6 Å². The molecule has 3 aromatic rings. The zero-order chi connectivity index (χ0) is 16.1. The number of fused-ring (bicyclic) bond motifs is 1. The Bertz CT molecular complexity index is 813. The summed E-state index contributed by atoms with van der Waals surface area (Å²) in [4.78, 5) is 15.7. The summed E-state index contributed by atoms with van der Waals surface area (Å²) >= 11 is 0. The average molecular weight is 310 g/mol. The Hall–Kier alpha value is -2.89. The Morgan fingerprint density at radius 3 is 2.74 bits per heavy atom. The van der Waals surface area contributed by atoms with Gasteiger partial charge in [0, 0.05) is 13.5 Å². The molecule has 0 fully saturated rings. The number of aryl methyl sites for hydroxylation is 1. The van der Waals surface area contributed by atoms with Gasteiger partial charge in [-0.25, -0.2) is 4.79 Å². The predicted molar refractivity (Wildman–Crippen MR) is 86.9 cm³/mol. The first kappa shape index (κ1) is 15.0. The van der Waals surface area contributed by atoms with E-state index in [4.69, 9.17) is 4.52 Å². The van der Waals surface area contributed by atoms with Crippen molar-refractivity contribution in [3.05, 3.63) is 59.7 Å². The number of aromatic nitrogens is 2. The SMILES string of the molecule is Cc1nc(CNC(=O)NCCc2ccc3ccccc3c2)no1. The smallest absolute Gasteiger partial charge is 0.315 e. The van der Waals surface area contributed by atoms with E-state index in [2.05, 4.69) is 51.1 Å². The van der Waals surface area contributed by atoms with Crippen LogP contribution in [-0.4, -0.2) is 22.7 Å². The van der Waals surface area contributed by atoms with E-state index < -0.39 is 0 Å². The second kappa shape index (κ2) is 6.91. The Morgan fingerprint density at radius 2 is 1.96 bits per heavy atom. The lowest BCUT2D eigenvalue weighted by molar-refractivity contribution is 0.240. The quantitative estimate of drug-likeness (QED) is 0.759. The van der Waals surface area contributed by atoms with Crippen LogP contribution in [0.15, 0.2) is 47.0 Å². The number of amides is 2. The summed E-state index contributed by atoms with van der Waals surface area (Å²) in [6.45, 7) is 2.52. The highest BCUT2D eigenvalue weighted by molar-refractivity contribution is 5.83. The molecule has 0 aliphatic heterocycles. The van der Waals surface area contributed by atoms with Crippen LogP contribution in [0.3, 0.4) is 0 Å². The predicted octanol–water partition coefficient (Wildman–Crippen LogP) is 2.57. The molecular weight excluding hydrogens is 292 g/mol. The Kier molecular flexibility index (Phi) is 4.52. The molecule has 0 spiro atoms. The second-order valence-electron chi connectivity index (χ2n) is 5.27. The number of carbonyl (C=O) groups excluding carboxylic acids is 1. The van der Waals surface area contributed by atoms with Gasteiger partial charge in [0.25, 0.3) is 0 Å². The van der Waals surface area contributed by atoms with Crippen molar-refractivity contribution in [1.82, 2.24) is 20.8 Å². The number of hydrogen-bond acceptors (Lipinski definition) is 4. The van der Waals surface area contributed by atoms with Crippen molar-refractivity contribution in [2.24, 2.45) is 0 Å². The molecule has 1 aromatic heterocycles. The molecule has 0 atom stereocenters. The van der Waals surface area contributed by atoms with Crippen molar-refractivity contribution in [3.63, 3.8) is 0 Å². The summed E-state index contributed by atoms with van der Waals surface area (Å²) in [5.41, 5.74) is 1.19. The first-order chi connectivity index (χ1) is 11.2. The van der Waals surface area contributed by atoms with Crippen LogP contribution in [0.1, 0.15) is 17.3 Å². The standard InChI is InChI=1S/C17H18N4O2/c1-12-20-16(21-23-12)11-19-17(22)18-9-8-13-6-7-14-4-2-3-5-15(14)10-13/h2-7,10H,8-9,11H2,1H3,(H2,18,19,22). The number of hydrogen-bond donors (Lipinski definition) is 2. The summed E-state index contributed by atoms with van der Waals surface area (Å²) in [6, 6.07) is 14.3. The first-order valence-electron chi connectivity index (χ1n) is 7.49. The number of nitrogens with one attached hydrogen (secondary N) is 2. The van der Waals surface area contributed by atoms with Crippen molar-refractivity contribution >= 4 is 16.8 Å². The lowest BCUT2D eigenvalue weighted by atomic mass is 10.1. The van der Waals surface area contributed by atoms with E-state index in [0.717, 1.165) is 6.42 Å². The largest absolute Gasteiger partial charge is 0.340 e. The first-order valence-corrected chi connectivity index (χ1v) is 7.49. The zero-order valence-corrected chi connectivity index (χ0v) is 12.9. The Morgan fingerprint density at radius 1 is 1.13 bits per heavy atom. The third-order valence-electron chi connectivity index (χ3n) is 3.49. The van der Waals surface area contributed by atoms with E-state index in [1.807, 2.05) is 12.1 Å². The summed E-state index contributed by atoms with van der Waals surface area (Å²) in [7, 11) is 0. The third-order valence-corrected chi connectivity index (χ3v) is 3.49. The molecule has 0 unspecified atom stereocenters. The molecule has 0 aliphatic rings. The minimum Gasteiger partial charge on any atom is -0.340 e. The fourth-order valence-electron chi connectivity index (χ4n) is 2.35. The van der Waals surface area contributed by atoms with Gasteiger partial charge >= 0.3 is 6.03 Å². The average Bonchev–Trinajstić information content (AvgIpc) is 2.98. The Labute approximate surface area is 133 Å². The van der Waals surface area contributed by atoms with Gasteiger partial charge in [0.2, 0.25) is 5.89 Å². The normalized spacial score (nSPS) is 10.7. The van der Waals surface area contributed by atoms with Gasteiger partial charge in [0.15, 0.2) is 5.82 Å². The van der Waals surface area contributed by atoms with Crippen LogP contribution in [0.2, 0.25) is 0 Å². The van der Waals surface area contributed by atoms with Gasteiger partial charge in [-0.15, -0.1) is 0 Å². The second-order valence-corrected chi connectivity index (χ2v) is 5.27. The Balaban J connectivity index is 1.45. The molecule has 0 radical (unpaired) electrons. The highest BCUT2D eigenvalue weighted by Gasteiger charge is 2.05. The molecule has 6 nitrogen and oxygen atoms in total. The molecule has 1 heterocycles. The number of benzene rings is 2. The maximum Gasteiger partial charge on any atom is 0.315 e. The topological polar surface area (TPSA) is 80.0 Å². The van der Waals surface area contributed by atoms with E-state index in [9.17, 15) is 4.79 Å². The van der Waals surface area contributed by atoms with Gasteiger partial charge in [-0.3, -0.25) is 0 Å². The summed E-state index contributed by atoms with van der Waals surface area (Å²) < 4.78 is 4.84. The fraction of sp³-hybridized carbons (Fsp3) is 0.235. The van der Waals surface area contributed by atoms with Crippen LogP contribution in [0, 0.1) is 6.92 Å². The molecule has 0 bridgehead atoms. The summed E-state index contributed by atoms with van der Waals surface area (Å²) in [5, 5.41) is 11.7. The monoisotopic (exact) mass is 310 g/mol. The van der Waals surface area contributed by atoms with Crippen molar-refractivity contribution in [3.8, 4) is 0 Å². The van der Waals surface area contributed by atoms with Crippen LogP contribution in [-0.2, 0) is 13.0 Å². The lowest BCUT2D eigenvalue weighted by Crippen LogP contribution is -2.36. The van der Waals surface area contributed by atoms with Crippen molar-refractivity contribution in [2.45, 2.75) is 19.9 Å². The maximum atomic E-state index is 11.7. The van der Waals surface area contributed by atoms with E-state index in [0.29, 0.717) is 18.3 Å². The highest BCUT2D eigenvalue weighted by atomic mass is 16.5. The van der Waals surface area contributed by atoms with Crippen molar-refractivity contribution in [2.75, 3.05) is 6.54 Å². The summed E-state index contributed by atoms with van der Waals surface area (Å²) in [6.07, 6.45) is 0.777. The third kappa shape index (κ3) is 4.06. The van der Waals surface area contributed by atoms with Crippen molar-refractivity contribution < 1.29 is 9.32 Å². The molecule has 23 heavy (non-hydrogen) atoms. The zero-order valence-electron chi connectivity index (χ0n) is 12.9. The molecule has 2 N–H and O–H groups in total. The van der Waals surface area contributed by atoms with Gasteiger partial charge in [0.1, 0.15) is 0 Å². The van der Waals surface area contributed by atoms with Gasteiger partial charge < -0.3 is 15.2 Å². The van der Waals surface area contributed by atoms with Gasteiger partial charge in [-0.05, 0) is 22.8 Å². The molecule has 3 rings (SSSR count). The molecule has 6 heteroatoms. The number of rotatable bonds is 5. The van der Waals surface area contributed by atoms with Crippen molar-refractivity contribution in [1.29, 1.82) is 0 Å².